The van der Waals surface area contributed by atoms with Crippen LogP contribution in [0.5, 0.6) is 0 Å². The summed E-state index contributed by atoms with van der Waals surface area (Å²) in [5.41, 5.74) is 0. The average Bonchev–Trinajstić information content (AvgIpc) is 1.64. The number of aromatic amines is 1. The first-order chi connectivity index (χ1) is 3.79. The van der Waals surface area contributed by atoms with E-state index in [9.17, 15) is 0 Å². The first-order valence-corrected chi connectivity index (χ1v) is 5.26. The summed E-state index contributed by atoms with van der Waals surface area (Å²) in [6.45, 7) is 0. The van der Waals surface area contributed by atoms with Crippen LogP contribution in [0.15, 0.2) is 6.33 Å². The van der Waals surface area contributed by atoms with Crippen molar-refractivity contribution < 1.29 is 0 Å². The predicted molar refractivity (Wildman–Crippen MR) is 33.5 cm³/mol. The van der Waals surface area contributed by atoms with Crippen LogP contribution in [0.4, 0.5) is 0 Å². The number of nitrogens with one attached hydrogen (secondary N) is 1. The molecule has 0 bridgehead atoms. The topological polar surface area (TPSA) is 28.7 Å². The van der Waals surface area contributed by atoms with Crippen molar-refractivity contribution in [3.63, 3.8) is 0 Å². The van der Waals surface area contributed by atoms with Crippen molar-refractivity contribution in [2.45, 2.75) is 0 Å². The third-order valence-corrected chi connectivity index (χ3v) is 4.04. The van der Waals surface area contributed by atoms with Crippen molar-refractivity contribution in [3.05, 3.63) is 12.5 Å². The van der Waals surface area contributed by atoms with Gasteiger partial charge in [-0.2, -0.15) is 0 Å². The summed E-state index contributed by atoms with van der Waals surface area (Å²) >= 11 is 6.17. The average molecular weight is 303 g/mol. The van der Waals surface area contributed by atoms with E-state index in [1.807, 2.05) is 0 Å². The zero-order chi connectivity index (χ0) is 5.98. The van der Waals surface area contributed by atoms with Crippen LogP contribution in [0.1, 0.15) is 0 Å². The van der Waals surface area contributed by atoms with Crippen LogP contribution in [0.25, 0.3) is 0 Å². The minimum atomic E-state index is 0.384. The number of nitrogens with zero attached hydrogens (tertiary/aromatic N) is 1. The zero-order valence-corrected chi connectivity index (χ0v) is 8.89. The van der Waals surface area contributed by atoms with Crippen LogP contribution in [0.3, 0.4) is 0 Å². The van der Waals surface area contributed by atoms with Crippen molar-refractivity contribution >= 4 is 45.7 Å². The molecule has 0 atom stereocenters. The Morgan fingerprint density at radius 2 is 2.38 bits per heavy atom. The fraction of sp³-hybridized carbons (Fsp3) is 0. The normalized spacial score (nSPS) is 9.00. The van der Waals surface area contributed by atoms with Crippen molar-refractivity contribution in [2.75, 3.05) is 0 Å². The number of aromatic nitrogens is 2. The molecule has 0 saturated heterocycles. The van der Waals surface area contributed by atoms with E-state index in [0.29, 0.717) is 14.5 Å². The second kappa shape index (κ2) is 3.07. The van der Waals surface area contributed by atoms with E-state index in [2.05, 4.69) is 41.1 Å². The van der Waals surface area contributed by atoms with Crippen LogP contribution in [0, 0.1) is 6.13 Å². The molecule has 0 aliphatic rings. The van der Waals surface area contributed by atoms with Gasteiger partial charge in [-0.3, -0.25) is 0 Å². The quantitative estimate of drug-likeness (QED) is 0.604. The van der Waals surface area contributed by atoms with E-state index in [0.717, 1.165) is 3.07 Å². The molecule has 0 saturated carbocycles. The Morgan fingerprint density at radius 1 is 1.62 bits per heavy atom. The van der Waals surface area contributed by atoms with Gasteiger partial charge in [0.25, 0.3) is 0 Å². The van der Waals surface area contributed by atoms with Gasteiger partial charge in [0.2, 0.25) is 0 Å². The Balaban J connectivity index is 3.50. The summed E-state index contributed by atoms with van der Waals surface area (Å²) in [7, 11) is 0. The molecule has 0 radical (unpaired) electrons. The summed E-state index contributed by atoms with van der Waals surface area (Å²) in [6, 6.07) is 0. The third-order valence-electron chi connectivity index (χ3n) is 0.532. The summed E-state index contributed by atoms with van der Waals surface area (Å²) in [5.74, 6) is 0. The van der Waals surface area contributed by atoms with E-state index in [1.54, 1.807) is 6.33 Å². The molecule has 2 nitrogen and oxygen atoms in total. The van der Waals surface area contributed by atoms with Gasteiger partial charge >= 0.3 is 68.1 Å². The second-order valence-electron chi connectivity index (χ2n) is 1.06. The second-order valence-corrected chi connectivity index (χ2v) is 7.44. The van der Waals surface area contributed by atoms with Crippen LogP contribution < -0.4 is 0 Å². The molecule has 5 heteroatoms. The predicted octanol–water partition coefficient (Wildman–Crippen LogP) is -1.13. The van der Waals surface area contributed by atoms with Crippen LogP contribution in [-0.2, 0) is 0 Å². The Labute approximate surface area is 67.8 Å². The van der Waals surface area contributed by atoms with Gasteiger partial charge < -0.3 is 0 Å². The maximum atomic E-state index is 3.99. The first kappa shape index (κ1) is 6.88. The van der Waals surface area contributed by atoms with E-state index in [1.165, 1.54) is 3.07 Å². The van der Waals surface area contributed by atoms with Crippen molar-refractivity contribution in [1.29, 1.82) is 0 Å². The molecule has 0 fully saturated rings. The van der Waals surface area contributed by atoms with Gasteiger partial charge in [-0.1, -0.05) is 0 Å². The summed E-state index contributed by atoms with van der Waals surface area (Å²) < 4.78 is 2.27. The molecule has 1 aromatic rings. The molecule has 0 aliphatic carbocycles. The number of hydrogen-bond acceptors (Lipinski definition) is 1. The van der Waals surface area contributed by atoms with E-state index in [4.69, 9.17) is 0 Å². The monoisotopic (exact) mass is 306 g/mol. The molecule has 0 aromatic carbocycles. The Kier molecular flexibility index (Phi) is 2.64. The van der Waals surface area contributed by atoms with E-state index >= 15 is 0 Å². The molecule has 1 N–H and O–H groups in total. The molecule has 1 rings (SSSR count). The summed E-state index contributed by atoms with van der Waals surface area (Å²) in [6.07, 6.45) is 1.68. The van der Waals surface area contributed by atoms with E-state index < -0.39 is 0 Å². The Morgan fingerprint density at radius 3 is 2.75 bits per heavy atom. The molecule has 0 aliphatic heterocycles. The molecule has 1 heterocycles. The van der Waals surface area contributed by atoms with Gasteiger partial charge in [-0.05, 0) is 0 Å². The van der Waals surface area contributed by atoms with Crippen molar-refractivity contribution in [3.8, 4) is 0 Å². The third kappa shape index (κ3) is 1.94. The fourth-order valence-electron chi connectivity index (χ4n) is 0.273. The standard InChI is InChI=1S/C3H2N2Se3/c6-2-4-1-5-3(7)8-2/h1H,(H,4,5,6,7). The first-order valence-electron chi connectivity index (χ1n) is 1.84. The molecule has 8 heavy (non-hydrogen) atoms. The SMILES string of the molecule is [Se]=c1nc[nH]c(=[Se])[se]1. The van der Waals surface area contributed by atoms with Gasteiger partial charge in [-0.15, -0.1) is 0 Å². The van der Waals surface area contributed by atoms with Gasteiger partial charge in [0, 0.05) is 0 Å². The number of hydrogen-bond donors (Lipinski definition) is 1. The van der Waals surface area contributed by atoms with Gasteiger partial charge in [0.15, 0.2) is 0 Å². The van der Waals surface area contributed by atoms with Gasteiger partial charge in [0.05, 0.1) is 0 Å². The molecule has 0 spiro atoms. The maximum absolute atomic E-state index is 3.99. The van der Waals surface area contributed by atoms with Gasteiger partial charge in [-0.25, -0.2) is 0 Å². The Hall–Kier alpha value is 0.768. The molecular weight excluding hydrogens is 301 g/mol. The minimum absolute atomic E-state index is 0.384. The van der Waals surface area contributed by atoms with Crippen LogP contribution >= 0.6 is 0 Å². The van der Waals surface area contributed by atoms with Crippen molar-refractivity contribution in [2.24, 2.45) is 0 Å². The number of H-pyrrole nitrogens is 1. The summed E-state index contributed by atoms with van der Waals surface area (Å²) in [5, 5.41) is 0. The summed E-state index contributed by atoms with van der Waals surface area (Å²) in [4.78, 5) is 6.96. The van der Waals surface area contributed by atoms with E-state index in [-0.39, 0.29) is 0 Å². The Bertz CT molecular complexity index is 247. The molecule has 0 amide bonds. The fourth-order valence-corrected chi connectivity index (χ4v) is 4.44. The van der Waals surface area contributed by atoms with Crippen molar-refractivity contribution in [1.82, 2.24) is 9.97 Å². The molecular formula is C3H2N2Se3. The van der Waals surface area contributed by atoms with Crippen LogP contribution in [-0.4, -0.2) is 55.6 Å². The molecule has 0 unspecified atom stereocenters. The number of rotatable bonds is 0. The zero-order valence-electron chi connectivity index (χ0n) is 3.75. The molecule has 1 aromatic heterocycles. The van der Waals surface area contributed by atoms with Crippen LogP contribution in [0.2, 0.25) is 0 Å². The molecule has 42 valence electrons. The van der Waals surface area contributed by atoms with Gasteiger partial charge in [0.1, 0.15) is 0 Å².